The predicted molar refractivity (Wildman–Crippen MR) is 79.6 cm³/mol. The van der Waals surface area contributed by atoms with Crippen LogP contribution in [-0.4, -0.2) is 65.4 Å². The molecule has 3 rings (SSSR count). The molecule has 0 radical (unpaired) electrons. The fourth-order valence-electron chi connectivity index (χ4n) is 2.75. The van der Waals surface area contributed by atoms with Crippen LogP contribution in [0.15, 0.2) is 18.3 Å². The molecule has 0 aromatic carbocycles. The topological polar surface area (TPSA) is 37.7 Å². The van der Waals surface area contributed by atoms with Crippen molar-refractivity contribution >= 4 is 17.7 Å². The lowest BCUT2D eigenvalue weighted by Crippen LogP contribution is -2.42. The van der Waals surface area contributed by atoms with Crippen LogP contribution in [0.3, 0.4) is 0 Å². The third kappa shape index (κ3) is 2.87. The summed E-state index contributed by atoms with van der Waals surface area (Å²) in [5, 5.41) is 0.170. The number of rotatable bonds is 4. The average molecular weight is 295 g/mol. The highest BCUT2D eigenvalue weighted by Crippen LogP contribution is 2.38. The van der Waals surface area contributed by atoms with Crippen LogP contribution < -0.4 is 0 Å². The van der Waals surface area contributed by atoms with Crippen molar-refractivity contribution in [3.05, 3.63) is 24.0 Å². The Balaban J connectivity index is 1.63. The van der Waals surface area contributed by atoms with E-state index in [-0.39, 0.29) is 11.3 Å². The van der Waals surface area contributed by atoms with Crippen molar-refractivity contribution in [3.8, 4) is 0 Å². The number of amides is 1. The smallest absolute Gasteiger partial charge is 0.233 e. The maximum atomic E-state index is 12.1. The Labute approximate surface area is 123 Å². The van der Waals surface area contributed by atoms with E-state index < -0.39 is 0 Å². The quantitative estimate of drug-likeness (QED) is 0.828. The molecule has 2 fully saturated rings. The largest absolute Gasteiger partial charge is 0.379 e. The second kappa shape index (κ2) is 6.20. The van der Waals surface area contributed by atoms with Gasteiger partial charge in [0.15, 0.2) is 0 Å². The molecule has 20 heavy (non-hydrogen) atoms. The summed E-state index contributed by atoms with van der Waals surface area (Å²) in [6.07, 6.45) is 2.04. The van der Waals surface area contributed by atoms with Crippen LogP contribution in [-0.2, 0) is 16.6 Å². The summed E-state index contributed by atoms with van der Waals surface area (Å²) in [7, 11) is 2.04. The zero-order valence-electron chi connectivity index (χ0n) is 11.8. The molecule has 1 aromatic rings. The van der Waals surface area contributed by atoms with Gasteiger partial charge < -0.3 is 14.2 Å². The van der Waals surface area contributed by atoms with E-state index in [1.165, 1.54) is 5.69 Å². The van der Waals surface area contributed by atoms with E-state index in [0.717, 1.165) is 39.4 Å². The summed E-state index contributed by atoms with van der Waals surface area (Å²) in [5.41, 5.74) is 1.21. The van der Waals surface area contributed by atoms with Crippen LogP contribution in [0.2, 0.25) is 0 Å². The van der Waals surface area contributed by atoms with Crippen molar-refractivity contribution in [3.63, 3.8) is 0 Å². The minimum Gasteiger partial charge on any atom is -0.379 e. The molecule has 6 heteroatoms. The average Bonchev–Trinajstić information content (AvgIpc) is 3.04. The first-order chi connectivity index (χ1) is 9.75. The van der Waals surface area contributed by atoms with Gasteiger partial charge in [0.25, 0.3) is 0 Å². The van der Waals surface area contributed by atoms with Crippen molar-refractivity contribution in [2.45, 2.75) is 5.37 Å². The maximum Gasteiger partial charge on any atom is 0.233 e. The zero-order chi connectivity index (χ0) is 13.9. The second-order valence-corrected chi connectivity index (χ2v) is 6.32. The number of morpholine rings is 1. The van der Waals surface area contributed by atoms with E-state index in [1.807, 2.05) is 24.2 Å². The molecule has 110 valence electrons. The first-order valence-electron chi connectivity index (χ1n) is 7.08. The van der Waals surface area contributed by atoms with Crippen molar-refractivity contribution in [1.82, 2.24) is 14.4 Å². The zero-order valence-corrected chi connectivity index (χ0v) is 12.6. The summed E-state index contributed by atoms with van der Waals surface area (Å²) in [5.74, 6) is 0.855. The second-order valence-electron chi connectivity index (χ2n) is 5.25. The van der Waals surface area contributed by atoms with E-state index in [9.17, 15) is 4.79 Å². The monoisotopic (exact) mass is 295 g/mol. The lowest BCUT2D eigenvalue weighted by Gasteiger charge is -2.30. The van der Waals surface area contributed by atoms with E-state index in [2.05, 4.69) is 15.5 Å². The van der Waals surface area contributed by atoms with Gasteiger partial charge in [-0.15, -0.1) is 11.8 Å². The SMILES string of the molecule is Cn1cccc1C1SCC(=O)N1CCN1CCOCC1. The van der Waals surface area contributed by atoms with Crippen molar-refractivity contribution < 1.29 is 9.53 Å². The lowest BCUT2D eigenvalue weighted by atomic mass is 10.3. The molecule has 0 spiro atoms. The number of carbonyl (C=O) groups excluding carboxylic acids is 1. The Morgan fingerprint density at radius 2 is 2.15 bits per heavy atom. The van der Waals surface area contributed by atoms with Gasteiger partial charge in [-0.25, -0.2) is 0 Å². The number of thioether (sulfide) groups is 1. The predicted octanol–water partition coefficient (Wildman–Crippen LogP) is 0.931. The molecule has 1 unspecified atom stereocenters. The molecule has 5 nitrogen and oxygen atoms in total. The summed E-state index contributed by atoms with van der Waals surface area (Å²) < 4.78 is 7.47. The van der Waals surface area contributed by atoms with E-state index in [0.29, 0.717) is 5.75 Å². The van der Waals surface area contributed by atoms with Crippen LogP contribution in [0.1, 0.15) is 11.1 Å². The minimum absolute atomic E-state index is 0.170. The Kier molecular flexibility index (Phi) is 4.33. The molecule has 3 heterocycles. The number of aryl methyl sites for hydroxylation is 1. The van der Waals surface area contributed by atoms with Gasteiger partial charge in [-0.1, -0.05) is 0 Å². The van der Waals surface area contributed by atoms with Gasteiger partial charge in [-0.05, 0) is 12.1 Å². The molecule has 0 saturated carbocycles. The molecule has 1 atom stereocenters. The van der Waals surface area contributed by atoms with E-state index in [4.69, 9.17) is 4.74 Å². The normalized spacial score (nSPS) is 24.6. The van der Waals surface area contributed by atoms with Crippen molar-refractivity contribution in [1.29, 1.82) is 0 Å². The Morgan fingerprint density at radius 1 is 1.35 bits per heavy atom. The summed E-state index contributed by atoms with van der Waals surface area (Å²) in [6.45, 7) is 5.32. The number of hydrogen-bond acceptors (Lipinski definition) is 4. The highest BCUT2D eigenvalue weighted by molar-refractivity contribution is 8.00. The molecule has 0 bridgehead atoms. The minimum atomic E-state index is 0.170. The summed E-state index contributed by atoms with van der Waals surface area (Å²) in [6, 6.07) is 4.15. The number of aromatic nitrogens is 1. The third-order valence-corrected chi connectivity index (χ3v) is 5.19. The summed E-state index contributed by atoms with van der Waals surface area (Å²) in [4.78, 5) is 16.5. The third-order valence-electron chi connectivity index (χ3n) is 3.97. The van der Waals surface area contributed by atoms with Crippen LogP contribution in [0.5, 0.6) is 0 Å². The van der Waals surface area contributed by atoms with Crippen LogP contribution in [0.4, 0.5) is 0 Å². The lowest BCUT2D eigenvalue weighted by molar-refractivity contribution is -0.128. The van der Waals surface area contributed by atoms with Crippen molar-refractivity contribution in [2.75, 3.05) is 45.1 Å². The Morgan fingerprint density at radius 3 is 2.85 bits per heavy atom. The van der Waals surface area contributed by atoms with Crippen LogP contribution in [0, 0.1) is 0 Å². The number of carbonyl (C=O) groups is 1. The number of ether oxygens (including phenoxy) is 1. The van der Waals surface area contributed by atoms with Gasteiger partial charge in [-0.3, -0.25) is 9.69 Å². The Hall–Kier alpha value is -0.980. The first-order valence-corrected chi connectivity index (χ1v) is 8.13. The van der Waals surface area contributed by atoms with Gasteiger partial charge in [-0.2, -0.15) is 0 Å². The van der Waals surface area contributed by atoms with Crippen LogP contribution >= 0.6 is 11.8 Å². The molecule has 2 saturated heterocycles. The standard InChI is InChI=1S/C14H21N3O2S/c1-15-4-2-3-12(15)14-17(13(18)11-20-14)6-5-16-7-9-19-10-8-16/h2-4,14H,5-11H2,1H3. The number of hydrogen-bond donors (Lipinski definition) is 0. The number of nitrogens with zero attached hydrogens (tertiary/aromatic N) is 3. The van der Waals surface area contributed by atoms with Gasteiger partial charge in [0.1, 0.15) is 5.37 Å². The van der Waals surface area contributed by atoms with Crippen LogP contribution in [0.25, 0.3) is 0 Å². The fourth-order valence-corrected chi connectivity index (χ4v) is 4.03. The van der Waals surface area contributed by atoms with Gasteiger partial charge in [0.05, 0.1) is 24.7 Å². The molecule has 1 aromatic heterocycles. The van der Waals surface area contributed by atoms with Gasteiger partial charge in [0, 0.05) is 39.4 Å². The molecule has 0 N–H and O–H groups in total. The van der Waals surface area contributed by atoms with E-state index >= 15 is 0 Å². The molecule has 0 aliphatic carbocycles. The fraction of sp³-hybridized carbons (Fsp3) is 0.643. The summed E-state index contributed by atoms with van der Waals surface area (Å²) >= 11 is 1.73. The first kappa shape index (κ1) is 14.0. The van der Waals surface area contributed by atoms with Gasteiger partial charge >= 0.3 is 0 Å². The van der Waals surface area contributed by atoms with E-state index in [1.54, 1.807) is 11.8 Å². The highest BCUT2D eigenvalue weighted by Gasteiger charge is 2.34. The van der Waals surface area contributed by atoms with Crippen molar-refractivity contribution in [2.24, 2.45) is 7.05 Å². The molecular formula is C14H21N3O2S. The van der Waals surface area contributed by atoms with Gasteiger partial charge in [0.2, 0.25) is 5.91 Å². The molecule has 1 amide bonds. The Bertz CT molecular complexity index is 471. The maximum absolute atomic E-state index is 12.1. The molecule has 2 aliphatic heterocycles. The highest BCUT2D eigenvalue weighted by atomic mass is 32.2. The molecular weight excluding hydrogens is 274 g/mol. The molecule has 2 aliphatic rings.